The second kappa shape index (κ2) is 15.4. The molecule has 0 aromatic heterocycles. The van der Waals surface area contributed by atoms with Gasteiger partial charge < -0.3 is 14.6 Å². The van der Waals surface area contributed by atoms with Crippen LogP contribution in [0.15, 0.2) is 109 Å². The third-order valence-corrected chi connectivity index (χ3v) is 6.81. The first kappa shape index (κ1) is 28.8. The molecule has 4 nitrogen and oxygen atoms in total. The Kier molecular flexibility index (Phi) is 11.1. The molecule has 0 saturated heterocycles. The zero-order chi connectivity index (χ0) is 28.0. The van der Waals surface area contributed by atoms with E-state index in [0.717, 1.165) is 37.0 Å². The van der Waals surface area contributed by atoms with Gasteiger partial charge in [-0.05, 0) is 84.2 Å². The number of rotatable bonds is 15. The number of carboxylic acid groups (broad SMARTS) is 1. The predicted octanol–water partition coefficient (Wildman–Crippen LogP) is 7.38. The first-order valence-corrected chi connectivity index (χ1v) is 14.0. The summed E-state index contributed by atoms with van der Waals surface area (Å²) in [5.41, 5.74) is 7.48. The largest absolute Gasteiger partial charge is 0.490 e. The lowest BCUT2D eigenvalue weighted by Gasteiger charge is -2.12. The van der Waals surface area contributed by atoms with Crippen LogP contribution in [0.1, 0.15) is 40.3 Å². The van der Waals surface area contributed by atoms with Crippen molar-refractivity contribution >= 4 is 12.0 Å². The molecule has 0 aliphatic heterocycles. The molecule has 1 N–H and O–H groups in total. The van der Waals surface area contributed by atoms with Gasteiger partial charge in [0.2, 0.25) is 0 Å². The monoisotopic (exact) mass is 534 g/mol. The fourth-order valence-electron chi connectivity index (χ4n) is 4.73. The van der Waals surface area contributed by atoms with Crippen LogP contribution in [0, 0.1) is 0 Å². The summed E-state index contributed by atoms with van der Waals surface area (Å²) < 4.78 is 11.2. The quantitative estimate of drug-likeness (QED) is 0.173. The minimum absolute atomic E-state index is 0.330. The van der Waals surface area contributed by atoms with Crippen LogP contribution in [0.4, 0.5) is 0 Å². The van der Waals surface area contributed by atoms with Crippen LogP contribution < -0.4 is 4.74 Å². The first-order chi connectivity index (χ1) is 19.6. The van der Waals surface area contributed by atoms with E-state index in [1.54, 1.807) is 6.92 Å². The van der Waals surface area contributed by atoms with Crippen molar-refractivity contribution in [1.82, 2.24) is 0 Å². The summed E-state index contributed by atoms with van der Waals surface area (Å²) >= 11 is 0. The number of benzene rings is 4. The molecular weight excluding hydrogens is 496 g/mol. The van der Waals surface area contributed by atoms with Crippen molar-refractivity contribution in [1.29, 1.82) is 0 Å². The lowest BCUT2D eigenvalue weighted by molar-refractivity contribution is -0.149. The number of hydrogen-bond donors (Lipinski definition) is 1. The van der Waals surface area contributed by atoms with Gasteiger partial charge in [0.05, 0.1) is 0 Å². The maximum absolute atomic E-state index is 11.3. The van der Waals surface area contributed by atoms with Gasteiger partial charge in [0.25, 0.3) is 0 Å². The van der Waals surface area contributed by atoms with Crippen molar-refractivity contribution in [2.45, 2.75) is 45.1 Å². The Morgan fingerprint density at radius 3 is 1.80 bits per heavy atom. The zero-order valence-electron chi connectivity index (χ0n) is 23.2. The lowest BCUT2D eigenvalue weighted by Crippen LogP contribution is -2.26. The molecule has 4 rings (SSSR count). The van der Waals surface area contributed by atoms with Crippen molar-refractivity contribution < 1.29 is 19.4 Å². The lowest BCUT2D eigenvalue weighted by atomic mass is 9.96. The third kappa shape index (κ3) is 9.55. The maximum atomic E-state index is 11.3. The summed E-state index contributed by atoms with van der Waals surface area (Å²) in [6.07, 6.45) is 7.70. The second-order valence-corrected chi connectivity index (χ2v) is 9.90. The average Bonchev–Trinajstić information content (AvgIpc) is 2.99. The molecule has 0 saturated carbocycles. The molecule has 1 atom stereocenters. The highest BCUT2D eigenvalue weighted by Crippen LogP contribution is 2.18. The summed E-state index contributed by atoms with van der Waals surface area (Å²) in [4.78, 5) is 11.3. The summed E-state index contributed by atoms with van der Waals surface area (Å²) in [6.45, 7) is 2.62. The fourth-order valence-corrected chi connectivity index (χ4v) is 4.73. The van der Waals surface area contributed by atoms with Crippen LogP contribution in [0.5, 0.6) is 5.75 Å². The van der Waals surface area contributed by atoms with Crippen molar-refractivity contribution in [3.63, 3.8) is 0 Å². The van der Waals surface area contributed by atoms with Crippen LogP contribution >= 0.6 is 0 Å². The molecule has 0 unspecified atom stereocenters. The molecule has 0 bridgehead atoms. The van der Waals surface area contributed by atoms with E-state index < -0.39 is 12.1 Å². The molecule has 0 radical (unpaired) electrons. The number of aryl methyl sites for hydroxylation is 4. The highest BCUT2D eigenvalue weighted by atomic mass is 16.5. The molecule has 0 fully saturated rings. The minimum atomic E-state index is -0.945. The standard InChI is InChI=1S/C36H38O4/c1-2-39-35(36(37)38)27-30-19-21-34(22-20-30)40-23-9-14-31-24-32(17-15-28-10-5-3-6-11-28)26-33(25-31)18-16-29-12-7-4-8-13-29/h3-14,19-22,24-26,35H,2,15-18,23,27H2,1H3,(H,37,38)/t35-/m0/s1. The van der Waals surface area contributed by atoms with Gasteiger partial charge in [0, 0.05) is 13.0 Å². The van der Waals surface area contributed by atoms with Gasteiger partial charge in [-0.1, -0.05) is 97.1 Å². The molecule has 0 heterocycles. The van der Waals surface area contributed by atoms with Gasteiger partial charge in [0.15, 0.2) is 6.10 Å². The van der Waals surface area contributed by atoms with E-state index in [0.29, 0.717) is 19.6 Å². The summed E-state index contributed by atoms with van der Waals surface area (Å²) in [7, 11) is 0. The minimum Gasteiger partial charge on any atom is -0.490 e. The zero-order valence-corrected chi connectivity index (χ0v) is 23.2. The molecule has 4 aromatic carbocycles. The Bertz CT molecular complexity index is 1280. The molecule has 206 valence electrons. The normalized spacial score (nSPS) is 11.9. The summed E-state index contributed by atoms with van der Waals surface area (Å²) in [5, 5.41) is 9.30. The molecule has 4 heteroatoms. The second-order valence-electron chi connectivity index (χ2n) is 9.90. The fraction of sp³-hybridized carbons (Fsp3) is 0.250. The molecule has 0 spiro atoms. The number of aliphatic carboxylic acids is 1. The Hall–Kier alpha value is -4.15. The summed E-state index contributed by atoms with van der Waals surface area (Å²) in [6, 6.07) is 35.7. The molecule has 0 amide bonds. The Labute approximate surface area is 237 Å². The summed E-state index contributed by atoms with van der Waals surface area (Å²) in [5.74, 6) is -0.198. The highest BCUT2D eigenvalue weighted by Gasteiger charge is 2.17. The van der Waals surface area contributed by atoms with Gasteiger partial charge in [0.1, 0.15) is 12.4 Å². The van der Waals surface area contributed by atoms with E-state index in [4.69, 9.17) is 9.47 Å². The Morgan fingerprint density at radius 1 is 0.725 bits per heavy atom. The molecule has 4 aromatic rings. The van der Waals surface area contributed by atoms with Gasteiger partial charge >= 0.3 is 5.97 Å². The Morgan fingerprint density at radius 2 is 1.27 bits per heavy atom. The third-order valence-electron chi connectivity index (χ3n) is 6.81. The highest BCUT2D eigenvalue weighted by molar-refractivity contribution is 5.72. The van der Waals surface area contributed by atoms with E-state index in [2.05, 4.69) is 84.9 Å². The van der Waals surface area contributed by atoms with Crippen molar-refractivity contribution in [3.8, 4) is 5.75 Å². The number of ether oxygens (including phenoxy) is 2. The van der Waals surface area contributed by atoms with Crippen molar-refractivity contribution in [2.75, 3.05) is 13.2 Å². The van der Waals surface area contributed by atoms with Gasteiger partial charge in [-0.2, -0.15) is 0 Å². The van der Waals surface area contributed by atoms with Gasteiger partial charge in [-0.15, -0.1) is 0 Å². The van der Waals surface area contributed by atoms with Crippen molar-refractivity contribution in [2.24, 2.45) is 0 Å². The van der Waals surface area contributed by atoms with E-state index in [-0.39, 0.29) is 0 Å². The average molecular weight is 535 g/mol. The number of carboxylic acids is 1. The SMILES string of the molecule is CCO[C@@H](Cc1ccc(OCC=Cc2cc(CCc3ccccc3)cc(CCc3ccccc3)c2)cc1)C(=O)O. The maximum Gasteiger partial charge on any atom is 0.333 e. The number of carbonyl (C=O) groups is 1. The molecular formula is C36H38O4. The van der Waals surface area contributed by atoms with Crippen LogP contribution in [0.3, 0.4) is 0 Å². The molecule has 0 aliphatic carbocycles. The molecule has 0 aliphatic rings. The Balaban J connectivity index is 1.37. The van der Waals surface area contributed by atoms with E-state index in [1.165, 1.54) is 27.8 Å². The smallest absolute Gasteiger partial charge is 0.333 e. The van der Waals surface area contributed by atoms with Crippen LogP contribution in [0.2, 0.25) is 0 Å². The van der Waals surface area contributed by atoms with Crippen molar-refractivity contribution in [3.05, 3.63) is 143 Å². The van der Waals surface area contributed by atoms with Crippen LogP contribution in [-0.2, 0) is 41.6 Å². The van der Waals surface area contributed by atoms with E-state index >= 15 is 0 Å². The first-order valence-electron chi connectivity index (χ1n) is 14.0. The van der Waals surface area contributed by atoms with E-state index in [1.807, 2.05) is 30.3 Å². The van der Waals surface area contributed by atoms with Gasteiger partial charge in [-0.3, -0.25) is 0 Å². The van der Waals surface area contributed by atoms with Crippen LogP contribution in [-0.4, -0.2) is 30.4 Å². The number of hydrogen-bond acceptors (Lipinski definition) is 3. The van der Waals surface area contributed by atoms with E-state index in [9.17, 15) is 9.90 Å². The topological polar surface area (TPSA) is 55.8 Å². The van der Waals surface area contributed by atoms with Crippen LogP contribution in [0.25, 0.3) is 6.08 Å². The van der Waals surface area contributed by atoms with Gasteiger partial charge in [-0.25, -0.2) is 4.79 Å². The molecule has 40 heavy (non-hydrogen) atoms. The predicted molar refractivity (Wildman–Crippen MR) is 162 cm³/mol.